The number of nitrogens with one attached hydrogen (secondary N) is 1. The minimum atomic E-state index is -4.71. The van der Waals surface area contributed by atoms with Gasteiger partial charge in [-0.25, -0.2) is 4.79 Å². The minimum absolute atomic E-state index is 0.0872. The zero-order chi connectivity index (χ0) is 16.9. The third-order valence-corrected chi connectivity index (χ3v) is 2.74. The lowest BCUT2D eigenvalue weighted by molar-refractivity contribution is -0.384. The van der Waals surface area contributed by atoms with Gasteiger partial charge >= 0.3 is 12.1 Å². The number of nitro benzene ring substituents is 1. The monoisotopic (exact) mass is 383 g/mol. The van der Waals surface area contributed by atoms with E-state index in [0.29, 0.717) is 12.1 Å². The molecule has 0 fully saturated rings. The summed E-state index contributed by atoms with van der Waals surface area (Å²) in [4.78, 5) is 21.1. The molecular weight excluding hydrogens is 375 g/mol. The number of benzene rings is 1. The fourth-order valence-electron chi connectivity index (χ4n) is 1.30. The van der Waals surface area contributed by atoms with E-state index in [4.69, 9.17) is 0 Å². The highest BCUT2D eigenvalue weighted by Crippen LogP contribution is 2.34. The molecule has 7 nitrogen and oxygen atoms in total. The van der Waals surface area contributed by atoms with E-state index in [2.05, 4.69) is 31.2 Å². The number of hydrazone groups is 1. The van der Waals surface area contributed by atoms with Crippen LogP contribution in [0.25, 0.3) is 0 Å². The van der Waals surface area contributed by atoms with Crippen LogP contribution in [-0.2, 0) is 15.7 Å². The second-order valence-corrected chi connectivity index (χ2v) is 4.47. The first kappa shape index (κ1) is 17.9. The lowest BCUT2D eigenvalue weighted by Gasteiger charge is -2.08. The number of alkyl halides is 3. The van der Waals surface area contributed by atoms with Crippen molar-refractivity contribution in [1.82, 2.24) is 0 Å². The zero-order valence-corrected chi connectivity index (χ0v) is 12.6. The SMILES string of the molecule is CCOC(=O)C(Br)=NNc1ccc(C(F)(F)F)cc1[N+](=O)[O-]. The van der Waals surface area contributed by atoms with E-state index >= 15 is 0 Å². The summed E-state index contributed by atoms with van der Waals surface area (Å²) in [7, 11) is 0. The molecule has 1 aromatic carbocycles. The zero-order valence-electron chi connectivity index (χ0n) is 11.0. The molecule has 0 bridgehead atoms. The fraction of sp³-hybridized carbons (Fsp3) is 0.273. The summed E-state index contributed by atoms with van der Waals surface area (Å²) in [5.74, 6) is -0.829. The lowest BCUT2D eigenvalue weighted by Crippen LogP contribution is -2.13. The largest absolute Gasteiger partial charge is 0.461 e. The summed E-state index contributed by atoms with van der Waals surface area (Å²) in [6.45, 7) is 1.65. The fourth-order valence-corrected chi connectivity index (χ4v) is 1.50. The van der Waals surface area contributed by atoms with Crippen LogP contribution in [0.15, 0.2) is 23.3 Å². The van der Waals surface area contributed by atoms with Gasteiger partial charge in [0.2, 0.25) is 4.62 Å². The number of halogens is 4. The van der Waals surface area contributed by atoms with Crippen molar-refractivity contribution in [3.05, 3.63) is 33.9 Å². The van der Waals surface area contributed by atoms with E-state index in [1.807, 2.05) is 0 Å². The molecule has 11 heteroatoms. The first-order valence-corrected chi connectivity index (χ1v) is 6.48. The quantitative estimate of drug-likeness (QED) is 0.364. The maximum absolute atomic E-state index is 12.5. The van der Waals surface area contributed by atoms with Crippen LogP contribution in [0.3, 0.4) is 0 Å². The van der Waals surface area contributed by atoms with Crippen LogP contribution in [-0.4, -0.2) is 22.1 Å². The van der Waals surface area contributed by atoms with Gasteiger partial charge < -0.3 is 4.74 Å². The molecule has 1 aromatic rings. The molecule has 22 heavy (non-hydrogen) atoms. The van der Waals surface area contributed by atoms with Gasteiger partial charge in [-0.1, -0.05) is 0 Å². The molecule has 0 aromatic heterocycles. The third kappa shape index (κ3) is 4.69. The van der Waals surface area contributed by atoms with Gasteiger partial charge in [0.05, 0.1) is 17.1 Å². The number of carbonyl (C=O) groups is 1. The molecule has 120 valence electrons. The number of ether oxygens (including phenoxy) is 1. The molecule has 0 aliphatic heterocycles. The summed E-state index contributed by atoms with van der Waals surface area (Å²) in [6.07, 6.45) is -4.71. The molecule has 0 aliphatic rings. The molecule has 1 rings (SSSR count). The van der Waals surface area contributed by atoms with Crippen LogP contribution in [0, 0.1) is 10.1 Å². The third-order valence-electron chi connectivity index (χ3n) is 2.24. The molecule has 0 unspecified atom stereocenters. The van der Waals surface area contributed by atoms with Crippen LogP contribution in [0.1, 0.15) is 12.5 Å². The van der Waals surface area contributed by atoms with Gasteiger partial charge in [-0.2, -0.15) is 18.3 Å². The average molecular weight is 384 g/mol. The molecule has 0 aliphatic carbocycles. The Balaban J connectivity index is 3.08. The molecule has 0 saturated carbocycles. The molecular formula is C11H9BrF3N3O4. The number of nitro groups is 1. The lowest BCUT2D eigenvalue weighted by atomic mass is 10.1. The molecule has 0 saturated heterocycles. The number of esters is 1. The van der Waals surface area contributed by atoms with Gasteiger partial charge in [-0.3, -0.25) is 15.5 Å². The van der Waals surface area contributed by atoms with E-state index in [9.17, 15) is 28.1 Å². The van der Waals surface area contributed by atoms with Crippen LogP contribution in [0.4, 0.5) is 24.5 Å². The standard InChI is InChI=1S/C11H9BrF3N3O4/c1-2-22-10(19)9(12)17-16-7-4-3-6(11(13,14)15)5-8(7)18(20)21/h3-5,16H,2H2,1H3. The number of nitrogens with zero attached hydrogens (tertiary/aromatic N) is 2. The summed E-state index contributed by atoms with van der Waals surface area (Å²) < 4.78 is 41.9. The van der Waals surface area contributed by atoms with Crippen molar-refractivity contribution in [3.8, 4) is 0 Å². The van der Waals surface area contributed by atoms with Crippen molar-refractivity contribution < 1.29 is 27.6 Å². The van der Waals surface area contributed by atoms with E-state index in [-0.39, 0.29) is 16.9 Å². The van der Waals surface area contributed by atoms with Crippen molar-refractivity contribution in [3.63, 3.8) is 0 Å². The Labute approximate surface area is 130 Å². The maximum Gasteiger partial charge on any atom is 0.416 e. The van der Waals surface area contributed by atoms with Gasteiger partial charge in [-0.15, -0.1) is 0 Å². The smallest absolute Gasteiger partial charge is 0.416 e. The summed E-state index contributed by atoms with van der Waals surface area (Å²) in [6, 6.07) is 1.87. The van der Waals surface area contributed by atoms with E-state index in [0.717, 1.165) is 6.07 Å². The Bertz CT molecular complexity index is 619. The van der Waals surface area contributed by atoms with Gasteiger partial charge in [-0.05, 0) is 35.0 Å². The van der Waals surface area contributed by atoms with Crippen molar-refractivity contribution in [1.29, 1.82) is 0 Å². The van der Waals surface area contributed by atoms with Crippen molar-refractivity contribution >= 4 is 37.9 Å². The average Bonchev–Trinajstić information content (AvgIpc) is 2.43. The predicted octanol–water partition coefficient (Wildman–Crippen LogP) is 3.30. The van der Waals surface area contributed by atoms with Crippen LogP contribution < -0.4 is 5.43 Å². The number of rotatable bonds is 5. The van der Waals surface area contributed by atoms with E-state index in [1.165, 1.54) is 0 Å². The van der Waals surface area contributed by atoms with Crippen molar-refractivity contribution in [2.24, 2.45) is 5.10 Å². The summed E-state index contributed by atoms with van der Waals surface area (Å²) in [5, 5.41) is 14.3. The number of carbonyl (C=O) groups excluding carboxylic acids is 1. The molecule has 1 N–H and O–H groups in total. The Morgan fingerprint density at radius 3 is 2.64 bits per heavy atom. The van der Waals surface area contributed by atoms with Gasteiger partial charge in [0.15, 0.2) is 0 Å². The van der Waals surface area contributed by atoms with Crippen molar-refractivity contribution in [2.75, 3.05) is 12.0 Å². The molecule has 0 spiro atoms. The molecule has 0 heterocycles. The van der Waals surface area contributed by atoms with Crippen LogP contribution in [0.5, 0.6) is 0 Å². The summed E-state index contributed by atoms with van der Waals surface area (Å²) in [5.41, 5.74) is -0.162. The number of hydrogen-bond acceptors (Lipinski definition) is 6. The Kier molecular flexibility index (Phi) is 5.85. The van der Waals surface area contributed by atoms with Gasteiger partial charge in [0.1, 0.15) is 5.69 Å². The van der Waals surface area contributed by atoms with Crippen molar-refractivity contribution in [2.45, 2.75) is 13.1 Å². The van der Waals surface area contributed by atoms with E-state index in [1.54, 1.807) is 6.92 Å². The predicted molar refractivity (Wildman–Crippen MR) is 74.7 cm³/mol. The Morgan fingerprint density at radius 2 is 2.14 bits per heavy atom. The highest BCUT2D eigenvalue weighted by molar-refractivity contribution is 9.19. The normalized spacial score (nSPS) is 12.0. The van der Waals surface area contributed by atoms with Crippen LogP contribution >= 0.6 is 15.9 Å². The second kappa shape index (κ2) is 7.20. The Hall–Kier alpha value is -2.17. The Morgan fingerprint density at radius 1 is 1.50 bits per heavy atom. The molecule has 0 amide bonds. The topological polar surface area (TPSA) is 93.8 Å². The van der Waals surface area contributed by atoms with E-state index < -0.39 is 28.3 Å². The highest BCUT2D eigenvalue weighted by Gasteiger charge is 2.33. The summed E-state index contributed by atoms with van der Waals surface area (Å²) >= 11 is 2.77. The van der Waals surface area contributed by atoms with Gasteiger partial charge in [0, 0.05) is 6.07 Å². The number of anilines is 1. The van der Waals surface area contributed by atoms with Gasteiger partial charge in [0.25, 0.3) is 5.69 Å². The second-order valence-electron chi connectivity index (χ2n) is 3.72. The van der Waals surface area contributed by atoms with Crippen LogP contribution in [0.2, 0.25) is 0 Å². The highest BCUT2D eigenvalue weighted by atomic mass is 79.9. The molecule has 0 radical (unpaired) electrons. The number of hydrogen-bond donors (Lipinski definition) is 1. The maximum atomic E-state index is 12.5. The first-order valence-electron chi connectivity index (χ1n) is 5.68. The first-order chi connectivity index (χ1) is 10.2. The molecule has 0 atom stereocenters. The minimum Gasteiger partial charge on any atom is -0.461 e.